The largest absolute Gasteiger partial charge is 0.515 e. The van der Waals surface area contributed by atoms with Gasteiger partial charge in [-0.15, -0.1) is 0 Å². The molecule has 2 atom stereocenters. The number of aliphatic hydroxyl groups is 1. The highest BCUT2D eigenvalue weighted by atomic mass is 19.4. The Balaban J connectivity index is 3.74. The van der Waals surface area contributed by atoms with Crippen LogP contribution in [0.15, 0.2) is 11.8 Å². The fourth-order valence-corrected chi connectivity index (χ4v) is 3.56. The summed E-state index contributed by atoms with van der Waals surface area (Å²) in [7, 11) is 0. The van der Waals surface area contributed by atoms with Crippen molar-refractivity contribution < 1.29 is 55.6 Å². The molecule has 1 rings (SSSR count). The van der Waals surface area contributed by atoms with Crippen LogP contribution >= 0.6 is 0 Å². The van der Waals surface area contributed by atoms with E-state index in [1.54, 1.807) is 0 Å². The van der Waals surface area contributed by atoms with E-state index in [4.69, 9.17) is 10.2 Å². The summed E-state index contributed by atoms with van der Waals surface area (Å²) in [6, 6.07) is 0. The van der Waals surface area contributed by atoms with E-state index in [9.17, 15) is 45.4 Å². The van der Waals surface area contributed by atoms with Gasteiger partial charge in [-0.3, -0.25) is 9.59 Å². The van der Waals surface area contributed by atoms with Crippen LogP contribution in [0.4, 0.5) is 30.7 Å². The first kappa shape index (κ1) is 22.0. The molecule has 2 unspecified atom stereocenters. The van der Waals surface area contributed by atoms with Crippen LogP contribution in [0.25, 0.3) is 0 Å². The minimum absolute atomic E-state index is 0.584. The van der Waals surface area contributed by atoms with Gasteiger partial charge in [-0.05, 0) is 18.3 Å². The molecule has 0 aromatic heterocycles. The van der Waals surface area contributed by atoms with Gasteiger partial charge in [0.05, 0.1) is 17.8 Å². The minimum Gasteiger partial charge on any atom is -0.515 e. The highest BCUT2D eigenvalue weighted by Gasteiger charge is 2.79. The zero-order chi connectivity index (χ0) is 20.9. The monoisotopic (exact) mass is 396 g/mol. The summed E-state index contributed by atoms with van der Waals surface area (Å²) < 4.78 is 92.5. The maximum Gasteiger partial charge on any atom is 0.460 e. The standard InChI is InChI=1S/C14H15F7O5/c1-10(2)6(8(23)24)3-4-11(10,9(25)26)7(5-22)12(15,16)13(17,18)14(19,20)21/h5-6,22H,3-4H2,1-2H3,(H,23,24)(H,25,26). The lowest BCUT2D eigenvalue weighted by molar-refractivity contribution is -0.347. The molecule has 0 saturated heterocycles. The first-order chi connectivity index (χ1) is 11.4. The van der Waals surface area contributed by atoms with Crippen LogP contribution in [0.3, 0.4) is 0 Å². The summed E-state index contributed by atoms with van der Waals surface area (Å²) in [6.45, 7) is 1.69. The van der Waals surface area contributed by atoms with E-state index < -0.39 is 71.4 Å². The Hall–Kier alpha value is -2.01. The van der Waals surface area contributed by atoms with Gasteiger partial charge in [0.1, 0.15) is 5.41 Å². The second-order valence-electron chi connectivity index (χ2n) is 6.55. The van der Waals surface area contributed by atoms with Gasteiger partial charge in [-0.2, -0.15) is 30.7 Å². The summed E-state index contributed by atoms with van der Waals surface area (Å²) in [5.41, 5.74) is -7.78. The topological polar surface area (TPSA) is 94.8 Å². The van der Waals surface area contributed by atoms with Crippen molar-refractivity contribution in [3.8, 4) is 0 Å². The molecule has 5 nitrogen and oxygen atoms in total. The number of hydrogen-bond donors (Lipinski definition) is 3. The van der Waals surface area contributed by atoms with E-state index in [2.05, 4.69) is 0 Å². The fourth-order valence-electron chi connectivity index (χ4n) is 3.56. The third kappa shape index (κ3) is 2.60. The quantitative estimate of drug-likeness (QED) is 0.485. The molecule has 0 heterocycles. The third-order valence-electron chi connectivity index (χ3n) is 5.12. The van der Waals surface area contributed by atoms with E-state index in [1.807, 2.05) is 0 Å². The lowest BCUT2D eigenvalue weighted by Gasteiger charge is -2.44. The van der Waals surface area contributed by atoms with Crippen LogP contribution in [0.2, 0.25) is 0 Å². The Bertz CT molecular complexity index is 638. The molecule has 1 saturated carbocycles. The second-order valence-corrected chi connectivity index (χ2v) is 6.55. The number of hydrogen-bond acceptors (Lipinski definition) is 3. The molecule has 26 heavy (non-hydrogen) atoms. The Kier molecular flexibility index (Phi) is 5.10. The minimum atomic E-state index is -6.75. The van der Waals surface area contributed by atoms with Crippen molar-refractivity contribution in [2.24, 2.45) is 16.7 Å². The molecule has 0 amide bonds. The van der Waals surface area contributed by atoms with Crippen LogP contribution in [0, 0.1) is 16.7 Å². The number of halogens is 7. The van der Waals surface area contributed by atoms with E-state index in [0.717, 1.165) is 13.8 Å². The molecule has 1 aliphatic carbocycles. The van der Waals surface area contributed by atoms with Gasteiger partial charge in [0, 0.05) is 0 Å². The highest BCUT2D eigenvalue weighted by molar-refractivity contribution is 5.84. The number of carboxylic acid groups (broad SMARTS) is 2. The van der Waals surface area contributed by atoms with Gasteiger partial charge in [-0.25, -0.2) is 0 Å². The molecule has 1 aliphatic rings. The normalized spacial score (nSPS) is 27.4. The molecule has 12 heteroatoms. The number of aliphatic carboxylic acids is 2. The van der Waals surface area contributed by atoms with E-state index in [-0.39, 0.29) is 0 Å². The van der Waals surface area contributed by atoms with Crippen LogP contribution in [0.1, 0.15) is 26.7 Å². The molecule has 0 spiro atoms. The molecular weight excluding hydrogens is 381 g/mol. The van der Waals surface area contributed by atoms with Crippen molar-refractivity contribution in [2.45, 2.75) is 44.7 Å². The lowest BCUT2D eigenvalue weighted by atomic mass is 9.59. The number of alkyl halides is 7. The van der Waals surface area contributed by atoms with E-state index >= 15 is 0 Å². The van der Waals surface area contributed by atoms with Crippen molar-refractivity contribution in [2.75, 3.05) is 0 Å². The first-order valence-corrected chi connectivity index (χ1v) is 7.06. The molecule has 0 aromatic carbocycles. The summed E-state index contributed by atoms with van der Waals surface area (Å²) >= 11 is 0. The molecule has 0 aromatic rings. The molecule has 3 N–H and O–H groups in total. The average molecular weight is 396 g/mol. The number of aliphatic hydroxyl groups excluding tert-OH is 1. The first-order valence-electron chi connectivity index (χ1n) is 7.06. The SMILES string of the molecule is CC1(C)C(C(=O)O)CCC1(C(=O)O)C(=CO)C(F)(F)C(F)(F)C(F)(F)F. The van der Waals surface area contributed by atoms with Gasteiger partial charge in [0.2, 0.25) is 0 Å². The van der Waals surface area contributed by atoms with Crippen LogP contribution < -0.4 is 0 Å². The fraction of sp³-hybridized carbons (Fsp3) is 0.714. The summed E-state index contributed by atoms with van der Waals surface area (Å²) in [5.74, 6) is -18.4. The van der Waals surface area contributed by atoms with Crippen LogP contribution in [-0.4, -0.2) is 45.3 Å². The Morgan fingerprint density at radius 2 is 1.50 bits per heavy atom. The van der Waals surface area contributed by atoms with Crippen molar-refractivity contribution in [1.82, 2.24) is 0 Å². The van der Waals surface area contributed by atoms with Crippen LogP contribution in [-0.2, 0) is 9.59 Å². The van der Waals surface area contributed by atoms with Crippen molar-refractivity contribution >= 4 is 11.9 Å². The van der Waals surface area contributed by atoms with Crippen molar-refractivity contribution in [3.63, 3.8) is 0 Å². The van der Waals surface area contributed by atoms with Gasteiger partial charge in [-0.1, -0.05) is 13.8 Å². The van der Waals surface area contributed by atoms with Crippen molar-refractivity contribution in [3.05, 3.63) is 11.8 Å². The number of carbonyl (C=O) groups is 2. The smallest absolute Gasteiger partial charge is 0.460 e. The number of carboxylic acids is 2. The maximum absolute atomic E-state index is 14.2. The van der Waals surface area contributed by atoms with Crippen LogP contribution in [0.5, 0.6) is 0 Å². The van der Waals surface area contributed by atoms with Gasteiger partial charge in [0.25, 0.3) is 0 Å². The third-order valence-corrected chi connectivity index (χ3v) is 5.12. The maximum atomic E-state index is 14.2. The van der Waals surface area contributed by atoms with Gasteiger partial charge >= 0.3 is 30.0 Å². The highest BCUT2D eigenvalue weighted by Crippen LogP contribution is 2.65. The Morgan fingerprint density at radius 1 is 1.04 bits per heavy atom. The summed E-state index contributed by atoms with van der Waals surface area (Å²) in [6.07, 6.45) is -9.11. The van der Waals surface area contributed by atoms with Gasteiger partial charge in [0.15, 0.2) is 0 Å². The molecule has 1 fully saturated rings. The lowest BCUT2D eigenvalue weighted by Crippen LogP contribution is -2.59. The molecule has 0 aliphatic heterocycles. The Labute approximate surface area is 142 Å². The van der Waals surface area contributed by atoms with Crippen molar-refractivity contribution in [1.29, 1.82) is 0 Å². The molecule has 0 bridgehead atoms. The predicted molar refractivity (Wildman–Crippen MR) is 70.9 cm³/mol. The zero-order valence-electron chi connectivity index (χ0n) is 13.4. The predicted octanol–water partition coefficient (Wildman–Crippen LogP) is 3.85. The Morgan fingerprint density at radius 3 is 1.77 bits per heavy atom. The summed E-state index contributed by atoms with van der Waals surface area (Å²) in [5, 5.41) is 27.6. The zero-order valence-corrected chi connectivity index (χ0v) is 13.4. The second kappa shape index (κ2) is 6.02. The molecule has 0 radical (unpaired) electrons. The average Bonchev–Trinajstić information content (AvgIpc) is 2.70. The van der Waals surface area contributed by atoms with E-state index in [1.165, 1.54) is 0 Å². The molecule has 150 valence electrons. The number of rotatable bonds is 5. The molecular formula is C14H15F7O5. The van der Waals surface area contributed by atoms with E-state index in [0.29, 0.717) is 0 Å². The summed E-state index contributed by atoms with van der Waals surface area (Å²) in [4.78, 5) is 23.0. The van der Waals surface area contributed by atoms with Gasteiger partial charge < -0.3 is 15.3 Å².